The van der Waals surface area contributed by atoms with Crippen LogP contribution in [-0.4, -0.2) is 31.3 Å². The first-order valence-corrected chi connectivity index (χ1v) is 7.11. The number of benzene rings is 1. The molecule has 0 aliphatic heterocycles. The van der Waals surface area contributed by atoms with Crippen LogP contribution in [0.15, 0.2) is 24.3 Å². The van der Waals surface area contributed by atoms with Gasteiger partial charge in [0.25, 0.3) is 0 Å². The molecular weight excluding hydrogens is 266 g/mol. The van der Waals surface area contributed by atoms with E-state index in [0.717, 1.165) is 5.56 Å². The molecule has 0 aliphatic carbocycles. The van der Waals surface area contributed by atoms with Crippen LogP contribution in [0, 0.1) is 11.3 Å². The molecular formula is C16H23N3O2. The smallest absolute Gasteiger partial charge is 0.314 e. The first-order valence-electron chi connectivity index (χ1n) is 7.11. The Hall–Kier alpha value is -2.06. The van der Waals surface area contributed by atoms with Gasteiger partial charge < -0.3 is 15.4 Å². The highest BCUT2D eigenvalue weighted by molar-refractivity contribution is 5.73. The minimum absolute atomic E-state index is 0.209. The highest BCUT2D eigenvalue weighted by atomic mass is 16.5. The molecule has 0 radical (unpaired) electrons. The molecule has 0 spiro atoms. The monoisotopic (exact) mass is 289 g/mol. The van der Waals surface area contributed by atoms with Gasteiger partial charge in [-0.15, -0.1) is 0 Å². The van der Waals surface area contributed by atoms with Gasteiger partial charge in [-0.05, 0) is 44.9 Å². The number of rotatable bonds is 7. The Labute approximate surface area is 126 Å². The summed E-state index contributed by atoms with van der Waals surface area (Å²) in [5, 5.41) is 14.4. The van der Waals surface area contributed by atoms with Crippen LogP contribution in [0.1, 0.15) is 31.9 Å². The van der Waals surface area contributed by atoms with Crippen molar-refractivity contribution in [3.8, 4) is 6.07 Å². The minimum Gasteiger partial charge on any atom is -0.374 e. The summed E-state index contributed by atoms with van der Waals surface area (Å²) in [5.41, 5.74) is 1.30. The molecule has 1 rings (SSSR count). The fourth-order valence-electron chi connectivity index (χ4n) is 1.91. The van der Waals surface area contributed by atoms with Gasteiger partial charge in [-0.2, -0.15) is 5.26 Å². The topological polar surface area (TPSA) is 74.2 Å². The van der Waals surface area contributed by atoms with Gasteiger partial charge in [0.1, 0.15) is 0 Å². The van der Waals surface area contributed by atoms with Crippen LogP contribution in [0.2, 0.25) is 0 Å². The Kier molecular flexibility index (Phi) is 6.70. The summed E-state index contributed by atoms with van der Waals surface area (Å²) in [6, 6.07) is 9.28. The van der Waals surface area contributed by atoms with Gasteiger partial charge in [-0.3, -0.25) is 0 Å². The molecule has 0 heterocycles. The fraction of sp³-hybridized carbons (Fsp3) is 0.500. The molecule has 5 heteroatoms. The Bertz CT molecular complexity index is 506. The van der Waals surface area contributed by atoms with Crippen molar-refractivity contribution in [1.29, 1.82) is 5.26 Å². The number of carbonyl (C=O) groups is 1. The van der Waals surface area contributed by atoms with Crippen LogP contribution >= 0.6 is 0 Å². The summed E-state index contributed by atoms with van der Waals surface area (Å²) >= 11 is 0. The highest BCUT2D eigenvalue weighted by Crippen LogP contribution is 2.06. The van der Waals surface area contributed by atoms with Crippen LogP contribution in [0.5, 0.6) is 0 Å². The van der Waals surface area contributed by atoms with Crippen molar-refractivity contribution in [3.63, 3.8) is 0 Å². The highest BCUT2D eigenvalue weighted by Gasteiger charge is 2.18. The van der Waals surface area contributed by atoms with Crippen LogP contribution in [0.3, 0.4) is 0 Å². The van der Waals surface area contributed by atoms with Gasteiger partial charge in [0.05, 0.1) is 17.2 Å². The van der Waals surface area contributed by atoms with E-state index < -0.39 is 0 Å². The standard InChI is InChI=1S/C16H23N3O2/c1-4-21-16(2,3)12-19-15(20)18-9-8-13-6-5-7-14(10-13)11-17/h5-7,10H,4,8-9,12H2,1-3H3,(H2,18,19,20). The molecule has 2 amide bonds. The van der Waals surface area contributed by atoms with Crippen LogP contribution in [0.4, 0.5) is 4.79 Å². The number of hydrogen-bond donors (Lipinski definition) is 2. The van der Waals surface area contributed by atoms with Gasteiger partial charge in [-0.25, -0.2) is 4.79 Å². The average Bonchev–Trinajstić information content (AvgIpc) is 2.45. The Morgan fingerprint density at radius 1 is 1.38 bits per heavy atom. The van der Waals surface area contributed by atoms with Crippen molar-refractivity contribution >= 4 is 6.03 Å². The number of amides is 2. The molecule has 114 valence electrons. The lowest BCUT2D eigenvalue weighted by molar-refractivity contribution is -0.00689. The van der Waals surface area contributed by atoms with Gasteiger partial charge in [-0.1, -0.05) is 12.1 Å². The quantitative estimate of drug-likeness (QED) is 0.808. The van der Waals surface area contributed by atoms with Crippen molar-refractivity contribution in [2.24, 2.45) is 0 Å². The average molecular weight is 289 g/mol. The summed E-state index contributed by atoms with van der Waals surface area (Å²) < 4.78 is 5.51. The molecule has 0 fully saturated rings. The van der Waals surface area contributed by atoms with E-state index in [4.69, 9.17) is 10.00 Å². The van der Waals surface area contributed by atoms with E-state index in [1.165, 1.54) is 0 Å². The molecule has 0 atom stereocenters. The predicted octanol–water partition coefficient (Wildman–Crippen LogP) is 2.22. The van der Waals surface area contributed by atoms with E-state index in [1.54, 1.807) is 6.07 Å². The SMILES string of the molecule is CCOC(C)(C)CNC(=O)NCCc1cccc(C#N)c1. The zero-order chi connectivity index (χ0) is 15.7. The molecule has 0 saturated carbocycles. The fourth-order valence-corrected chi connectivity index (χ4v) is 1.91. The number of hydrogen-bond acceptors (Lipinski definition) is 3. The Balaban J connectivity index is 2.29. The van der Waals surface area contributed by atoms with Crippen LogP contribution in [0.25, 0.3) is 0 Å². The third-order valence-electron chi connectivity index (χ3n) is 2.97. The van der Waals surface area contributed by atoms with Crippen molar-refractivity contribution < 1.29 is 9.53 Å². The maximum atomic E-state index is 11.7. The lowest BCUT2D eigenvalue weighted by Gasteiger charge is -2.24. The number of urea groups is 1. The Morgan fingerprint density at radius 3 is 2.81 bits per heavy atom. The second-order valence-corrected chi connectivity index (χ2v) is 5.36. The molecule has 0 aromatic heterocycles. The number of nitrogens with zero attached hydrogens (tertiary/aromatic N) is 1. The van der Waals surface area contributed by atoms with E-state index in [1.807, 2.05) is 39.0 Å². The maximum Gasteiger partial charge on any atom is 0.314 e. The van der Waals surface area contributed by atoms with Gasteiger partial charge in [0, 0.05) is 19.7 Å². The largest absolute Gasteiger partial charge is 0.374 e. The molecule has 0 unspecified atom stereocenters. The summed E-state index contributed by atoms with van der Waals surface area (Å²) in [5.74, 6) is 0. The van der Waals surface area contributed by atoms with Crippen molar-refractivity contribution in [2.75, 3.05) is 19.7 Å². The molecule has 0 bridgehead atoms. The molecule has 0 saturated heterocycles. The molecule has 5 nitrogen and oxygen atoms in total. The summed E-state index contributed by atoms with van der Waals surface area (Å²) in [4.78, 5) is 11.7. The molecule has 1 aromatic carbocycles. The van der Waals surface area contributed by atoms with Crippen LogP contribution in [-0.2, 0) is 11.2 Å². The number of nitriles is 1. The van der Waals surface area contributed by atoms with Crippen molar-refractivity contribution in [3.05, 3.63) is 35.4 Å². The van der Waals surface area contributed by atoms with E-state index in [-0.39, 0.29) is 11.6 Å². The zero-order valence-electron chi connectivity index (χ0n) is 12.9. The third kappa shape index (κ3) is 6.77. The second kappa shape index (κ2) is 8.28. The summed E-state index contributed by atoms with van der Waals surface area (Å²) in [6.45, 7) is 7.39. The van der Waals surface area contributed by atoms with Crippen LogP contribution < -0.4 is 10.6 Å². The zero-order valence-corrected chi connectivity index (χ0v) is 12.9. The lowest BCUT2D eigenvalue weighted by atomic mass is 10.1. The van der Waals surface area contributed by atoms with E-state index in [2.05, 4.69) is 16.7 Å². The van der Waals surface area contributed by atoms with Gasteiger partial charge in [0.2, 0.25) is 0 Å². The first kappa shape index (κ1) is 17.0. The number of ether oxygens (including phenoxy) is 1. The third-order valence-corrected chi connectivity index (χ3v) is 2.97. The van der Waals surface area contributed by atoms with Crippen molar-refractivity contribution in [1.82, 2.24) is 10.6 Å². The maximum absolute atomic E-state index is 11.7. The molecule has 0 aliphatic rings. The molecule has 21 heavy (non-hydrogen) atoms. The molecule has 2 N–H and O–H groups in total. The Morgan fingerprint density at radius 2 is 2.14 bits per heavy atom. The van der Waals surface area contributed by atoms with E-state index in [0.29, 0.717) is 31.7 Å². The normalized spacial score (nSPS) is 10.8. The number of carbonyl (C=O) groups excluding carboxylic acids is 1. The van der Waals surface area contributed by atoms with E-state index >= 15 is 0 Å². The summed E-state index contributed by atoms with van der Waals surface area (Å²) in [7, 11) is 0. The molecule has 1 aromatic rings. The first-order chi connectivity index (χ1) is 9.96. The lowest BCUT2D eigenvalue weighted by Crippen LogP contribution is -2.45. The van der Waals surface area contributed by atoms with Gasteiger partial charge >= 0.3 is 6.03 Å². The van der Waals surface area contributed by atoms with Crippen molar-refractivity contribution in [2.45, 2.75) is 32.8 Å². The number of nitrogens with one attached hydrogen (secondary N) is 2. The second-order valence-electron chi connectivity index (χ2n) is 5.36. The van der Waals surface area contributed by atoms with E-state index in [9.17, 15) is 4.79 Å². The summed E-state index contributed by atoms with van der Waals surface area (Å²) in [6.07, 6.45) is 0.692. The van der Waals surface area contributed by atoms with Gasteiger partial charge in [0.15, 0.2) is 0 Å². The minimum atomic E-state index is -0.368. The predicted molar refractivity (Wildman–Crippen MR) is 82.0 cm³/mol.